The topological polar surface area (TPSA) is 77.8 Å². The molecule has 0 aromatic heterocycles. The van der Waals surface area contributed by atoms with E-state index in [0.717, 1.165) is 18.4 Å². The second-order valence-electron chi connectivity index (χ2n) is 9.94. The van der Waals surface area contributed by atoms with Crippen LogP contribution >= 0.6 is 0 Å². The van der Waals surface area contributed by atoms with Crippen LogP contribution in [0.3, 0.4) is 0 Å². The molecule has 3 fully saturated rings. The Morgan fingerprint density at radius 1 is 1.25 bits per heavy atom. The Bertz CT molecular complexity index is 637. The van der Waals surface area contributed by atoms with E-state index in [1.807, 2.05) is 0 Å². The van der Waals surface area contributed by atoms with Crippen molar-refractivity contribution in [3.63, 3.8) is 0 Å². The molecule has 0 aromatic rings. The van der Waals surface area contributed by atoms with Gasteiger partial charge in [0.2, 0.25) is 0 Å². The number of rotatable bonds is 5. The fourth-order valence-electron chi connectivity index (χ4n) is 6.47. The van der Waals surface area contributed by atoms with E-state index >= 15 is 0 Å². The monoisotopic (exact) mass is 390 g/mol. The van der Waals surface area contributed by atoms with Crippen molar-refractivity contribution < 1.29 is 20.1 Å². The summed E-state index contributed by atoms with van der Waals surface area (Å²) in [6.07, 6.45) is 11.8. The Morgan fingerprint density at radius 2 is 1.96 bits per heavy atom. The molecule has 3 N–H and O–H groups in total. The predicted molar refractivity (Wildman–Crippen MR) is 111 cm³/mol. The Labute approximate surface area is 169 Å². The smallest absolute Gasteiger partial charge is 0.303 e. The summed E-state index contributed by atoms with van der Waals surface area (Å²) in [5.41, 5.74) is 2.96. The van der Waals surface area contributed by atoms with E-state index in [0.29, 0.717) is 30.6 Å². The SMILES string of the molecule is C[C@H](CCC(=O)O)[C@H]1CC[C@H]2C(=C/C=C3\C[C@@H](O)C[C@H](O)[C@@H]3C)CCC[C@]12C. The number of aliphatic hydroxyl groups excluding tert-OH is 2. The maximum absolute atomic E-state index is 11.0. The fraction of sp³-hybridized carbons (Fsp3) is 0.792. The summed E-state index contributed by atoms with van der Waals surface area (Å²) in [6.45, 7) is 6.73. The lowest BCUT2D eigenvalue weighted by Crippen LogP contribution is -2.36. The molecule has 4 nitrogen and oxygen atoms in total. The van der Waals surface area contributed by atoms with Crippen molar-refractivity contribution in [1.29, 1.82) is 0 Å². The lowest BCUT2D eigenvalue weighted by atomic mass is 9.60. The van der Waals surface area contributed by atoms with Crippen molar-refractivity contribution in [3.8, 4) is 0 Å². The Morgan fingerprint density at radius 3 is 2.68 bits per heavy atom. The summed E-state index contributed by atoms with van der Waals surface area (Å²) in [7, 11) is 0. The van der Waals surface area contributed by atoms with Crippen molar-refractivity contribution in [3.05, 3.63) is 23.3 Å². The van der Waals surface area contributed by atoms with Gasteiger partial charge in [-0.25, -0.2) is 0 Å². The molecule has 3 rings (SSSR count). The minimum absolute atomic E-state index is 0.114. The van der Waals surface area contributed by atoms with Gasteiger partial charge in [-0.05, 0) is 68.1 Å². The second kappa shape index (κ2) is 8.71. The van der Waals surface area contributed by atoms with Crippen molar-refractivity contribution in [2.45, 2.75) is 90.8 Å². The van der Waals surface area contributed by atoms with Crippen molar-refractivity contribution >= 4 is 5.97 Å². The number of hydrogen-bond acceptors (Lipinski definition) is 3. The molecule has 3 aliphatic rings. The summed E-state index contributed by atoms with van der Waals surface area (Å²) < 4.78 is 0. The molecule has 0 radical (unpaired) electrons. The number of aliphatic hydroxyl groups is 2. The van der Waals surface area contributed by atoms with Crippen LogP contribution in [0.15, 0.2) is 23.3 Å². The standard InChI is InChI=1S/C24H38O4/c1-15(6-11-23(27)28)20-9-10-21-17(5-4-12-24(20,21)3)7-8-18-13-19(25)14-22(26)16(18)2/h7-8,15-16,19-22,25-26H,4-6,9-14H2,1-3H3,(H,27,28)/b17-7?,18-8+/t15-,16-,19-,20-,21+,22+,24-/m1/s1. The van der Waals surface area contributed by atoms with Crippen LogP contribution in [0, 0.1) is 29.1 Å². The number of aliphatic carboxylic acids is 1. The van der Waals surface area contributed by atoms with Gasteiger partial charge in [0.05, 0.1) is 12.2 Å². The Hall–Kier alpha value is -1.13. The summed E-state index contributed by atoms with van der Waals surface area (Å²) in [6, 6.07) is 0. The predicted octanol–water partition coefficient (Wildman–Crippen LogP) is 4.71. The van der Waals surface area contributed by atoms with Crippen LogP contribution in [-0.2, 0) is 4.79 Å². The summed E-state index contributed by atoms with van der Waals surface area (Å²) in [5.74, 6) is 1.07. The molecule has 4 heteroatoms. The molecule has 0 unspecified atom stereocenters. The van der Waals surface area contributed by atoms with Crippen LogP contribution < -0.4 is 0 Å². The zero-order chi connectivity index (χ0) is 20.5. The lowest BCUT2D eigenvalue weighted by molar-refractivity contribution is -0.137. The van der Waals surface area contributed by atoms with Crippen LogP contribution in [0.1, 0.15) is 78.6 Å². The van der Waals surface area contributed by atoms with Crippen LogP contribution in [0.5, 0.6) is 0 Å². The van der Waals surface area contributed by atoms with Gasteiger partial charge in [-0.3, -0.25) is 4.79 Å². The number of fused-ring (bicyclic) bond motifs is 1. The Balaban J connectivity index is 1.75. The zero-order valence-corrected chi connectivity index (χ0v) is 17.7. The van der Waals surface area contributed by atoms with Gasteiger partial charge in [-0.1, -0.05) is 44.1 Å². The van der Waals surface area contributed by atoms with Gasteiger partial charge in [0.25, 0.3) is 0 Å². The summed E-state index contributed by atoms with van der Waals surface area (Å²) in [4.78, 5) is 11.0. The van der Waals surface area contributed by atoms with E-state index in [4.69, 9.17) is 5.11 Å². The third-order valence-corrected chi connectivity index (χ3v) is 8.20. The number of allylic oxidation sites excluding steroid dienone is 3. The molecule has 0 saturated heterocycles. The number of carbonyl (C=O) groups is 1. The third-order valence-electron chi connectivity index (χ3n) is 8.20. The van der Waals surface area contributed by atoms with E-state index in [1.165, 1.54) is 31.3 Å². The van der Waals surface area contributed by atoms with Crippen LogP contribution in [0.2, 0.25) is 0 Å². The van der Waals surface area contributed by atoms with Gasteiger partial charge in [-0.2, -0.15) is 0 Å². The van der Waals surface area contributed by atoms with Gasteiger partial charge in [0.1, 0.15) is 0 Å². The van der Waals surface area contributed by atoms with E-state index in [9.17, 15) is 15.0 Å². The molecule has 28 heavy (non-hydrogen) atoms. The van der Waals surface area contributed by atoms with Crippen molar-refractivity contribution in [2.75, 3.05) is 0 Å². The molecule has 158 valence electrons. The highest BCUT2D eigenvalue weighted by Crippen LogP contribution is 2.59. The Kier molecular flexibility index (Phi) is 6.71. The van der Waals surface area contributed by atoms with Crippen LogP contribution in [-0.4, -0.2) is 33.5 Å². The molecule has 0 aromatic carbocycles. The molecule has 0 aliphatic heterocycles. The first-order valence-corrected chi connectivity index (χ1v) is 11.2. The van der Waals surface area contributed by atoms with E-state index in [1.54, 1.807) is 0 Å². The molecule has 0 heterocycles. The molecule has 7 atom stereocenters. The molecular weight excluding hydrogens is 352 g/mol. The fourth-order valence-corrected chi connectivity index (χ4v) is 6.47. The van der Waals surface area contributed by atoms with Crippen molar-refractivity contribution in [2.24, 2.45) is 29.1 Å². The second-order valence-corrected chi connectivity index (χ2v) is 9.94. The minimum Gasteiger partial charge on any atom is -0.481 e. The average Bonchev–Trinajstić information content (AvgIpc) is 2.99. The normalized spacial score (nSPS) is 42.5. The molecule has 3 saturated carbocycles. The highest BCUT2D eigenvalue weighted by molar-refractivity contribution is 5.66. The number of carboxylic acids is 1. The van der Waals surface area contributed by atoms with Gasteiger partial charge in [0, 0.05) is 18.8 Å². The first kappa shape index (κ1) is 21.6. The lowest BCUT2D eigenvalue weighted by Gasteiger charge is -2.44. The average molecular weight is 391 g/mol. The van der Waals surface area contributed by atoms with Gasteiger partial charge < -0.3 is 15.3 Å². The molecule has 0 amide bonds. The molecule has 0 spiro atoms. The number of carboxylic acid groups (broad SMARTS) is 1. The zero-order valence-electron chi connectivity index (χ0n) is 17.7. The van der Waals surface area contributed by atoms with Gasteiger partial charge in [-0.15, -0.1) is 0 Å². The summed E-state index contributed by atoms with van der Waals surface area (Å²) >= 11 is 0. The largest absolute Gasteiger partial charge is 0.481 e. The molecule has 0 bridgehead atoms. The first-order valence-electron chi connectivity index (χ1n) is 11.2. The maximum Gasteiger partial charge on any atom is 0.303 e. The molecular formula is C24H38O4. The van der Waals surface area contributed by atoms with E-state index in [2.05, 4.69) is 32.9 Å². The van der Waals surface area contributed by atoms with Crippen LogP contribution in [0.25, 0.3) is 0 Å². The third kappa shape index (κ3) is 4.38. The number of hydrogen-bond donors (Lipinski definition) is 3. The highest BCUT2D eigenvalue weighted by Gasteiger charge is 2.50. The first-order chi connectivity index (χ1) is 13.2. The van der Waals surface area contributed by atoms with Crippen molar-refractivity contribution in [1.82, 2.24) is 0 Å². The van der Waals surface area contributed by atoms with Gasteiger partial charge in [0.15, 0.2) is 0 Å². The van der Waals surface area contributed by atoms with E-state index in [-0.39, 0.29) is 17.8 Å². The molecule has 3 aliphatic carbocycles. The van der Waals surface area contributed by atoms with Crippen LogP contribution in [0.4, 0.5) is 0 Å². The summed E-state index contributed by atoms with van der Waals surface area (Å²) in [5, 5.41) is 29.2. The quantitative estimate of drug-likeness (QED) is 0.635. The maximum atomic E-state index is 11.0. The van der Waals surface area contributed by atoms with E-state index < -0.39 is 18.2 Å². The highest BCUT2D eigenvalue weighted by atomic mass is 16.4. The minimum atomic E-state index is -0.687. The van der Waals surface area contributed by atoms with Gasteiger partial charge >= 0.3 is 5.97 Å².